The molecule has 1 aromatic carbocycles. The van der Waals surface area contributed by atoms with E-state index in [0.29, 0.717) is 26.3 Å². The Bertz CT molecular complexity index is 435. The van der Waals surface area contributed by atoms with Gasteiger partial charge in [0.05, 0.1) is 13.2 Å². The van der Waals surface area contributed by atoms with Crippen LogP contribution in [0.1, 0.15) is 13.8 Å². The zero-order chi connectivity index (χ0) is 13.7. The van der Waals surface area contributed by atoms with Crippen molar-refractivity contribution in [2.24, 2.45) is 0 Å². The van der Waals surface area contributed by atoms with Gasteiger partial charge < -0.3 is 19.1 Å². The van der Waals surface area contributed by atoms with Gasteiger partial charge in [-0.25, -0.2) is 4.79 Å². The lowest BCUT2D eigenvalue weighted by Gasteiger charge is -2.30. The Morgan fingerprint density at radius 1 is 1.37 bits per heavy atom. The molecule has 5 nitrogen and oxygen atoms in total. The van der Waals surface area contributed by atoms with Gasteiger partial charge in [0.1, 0.15) is 6.61 Å². The first kappa shape index (κ1) is 13.5. The molecule has 0 bridgehead atoms. The minimum Gasteiger partial charge on any atom is -0.486 e. The maximum Gasteiger partial charge on any atom is 0.409 e. The summed E-state index contributed by atoms with van der Waals surface area (Å²) >= 11 is 0. The Kier molecular flexibility index (Phi) is 4.49. The molecule has 2 rings (SSSR count). The molecule has 19 heavy (non-hydrogen) atoms. The van der Waals surface area contributed by atoms with Crippen molar-refractivity contribution in [3.05, 3.63) is 24.3 Å². The molecule has 1 amide bonds. The van der Waals surface area contributed by atoms with Gasteiger partial charge in [0.25, 0.3) is 0 Å². The molecule has 0 saturated heterocycles. The minimum absolute atomic E-state index is 0.167. The Morgan fingerprint density at radius 3 is 2.79 bits per heavy atom. The van der Waals surface area contributed by atoms with Gasteiger partial charge in [-0.15, -0.1) is 0 Å². The van der Waals surface area contributed by atoms with Crippen molar-refractivity contribution in [2.75, 3.05) is 26.3 Å². The summed E-state index contributed by atoms with van der Waals surface area (Å²) in [4.78, 5) is 13.3. The molecule has 1 aromatic rings. The van der Waals surface area contributed by atoms with Crippen molar-refractivity contribution >= 4 is 6.09 Å². The van der Waals surface area contributed by atoms with Gasteiger partial charge in [0.15, 0.2) is 17.6 Å². The highest BCUT2D eigenvalue weighted by Gasteiger charge is 2.25. The van der Waals surface area contributed by atoms with Crippen LogP contribution in [0.2, 0.25) is 0 Å². The van der Waals surface area contributed by atoms with E-state index in [1.54, 1.807) is 11.8 Å². The van der Waals surface area contributed by atoms with E-state index >= 15 is 0 Å². The molecule has 1 heterocycles. The molecule has 0 spiro atoms. The number of rotatable bonds is 4. The van der Waals surface area contributed by atoms with E-state index in [1.807, 2.05) is 31.2 Å². The third-order valence-corrected chi connectivity index (χ3v) is 2.90. The summed E-state index contributed by atoms with van der Waals surface area (Å²) < 4.78 is 16.4. The number of amides is 1. The fourth-order valence-electron chi connectivity index (χ4n) is 1.95. The number of carbonyl (C=O) groups excluding carboxylic acids is 1. The molecule has 1 atom stereocenters. The third kappa shape index (κ3) is 3.30. The number of ether oxygens (including phenoxy) is 3. The molecule has 104 valence electrons. The average Bonchev–Trinajstić information content (AvgIpc) is 2.44. The van der Waals surface area contributed by atoms with Gasteiger partial charge in [0.2, 0.25) is 0 Å². The van der Waals surface area contributed by atoms with E-state index in [1.165, 1.54) is 0 Å². The molecule has 0 aromatic heterocycles. The standard InChI is InChI=1S/C14H19NO4/c1-3-15(14(16)17-4-2)9-11-10-18-12-7-5-6-8-13(12)19-11/h5-8,11H,3-4,9-10H2,1-2H3. The summed E-state index contributed by atoms with van der Waals surface area (Å²) in [5.41, 5.74) is 0. The molecule has 0 N–H and O–H groups in total. The number of fused-ring (bicyclic) bond motifs is 1. The highest BCUT2D eigenvalue weighted by Crippen LogP contribution is 2.30. The van der Waals surface area contributed by atoms with Crippen LogP contribution in [0.15, 0.2) is 24.3 Å². The van der Waals surface area contributed by atoms with Crippen molar-refractivity contribution in [1.82, 2.24) is 4.90 Å². The van der Waals surface area contributed by atoms with Crippen LogP contribution in [0.3, 0.4) is 0 Å². The highest BCUT2D eigenvalue weighted by atomic mass is 16.6. The number of benzene rings is 1. The Labute approximate surface area is 113 Å². The van der Waals surface area contributed by atoms with Crippen molar-refractivity contribution in [1.29, 1.82) is 0 Å². The second-order valence-electron chi connectivity index (χ2n) is 4.24. The van der Waals surface area contributed by atoms with E-state index in [9.17, 15) is 4.79 Å². The van der Waals surface area contributed by atoms with Crippen LogP contribution < -0.4 is 9.47 Å². The summed E-state index contributed by atoms with van der Waals surface area (Å²) in [6.07, 6.45) is -0.480. The predicted octanol–water partition coefficient (Wildman–Crippen LogP) is 2.30. The van der Waals surface area contributed by atoms with E-state index < -0.39 is 0 Å². The first-order valence-electron chi connectivity index (χ1n) is 6.54. The molecule has 5 heteroatoms. The van der Waals surface area contributed by atoms with Crippen LogP contribution in [-0.4, -0.2) is 43.4 Å². The second-order valence-corrected chi connectivity index (χ2v) is 4.24. The van der Waals surface area contributed by atoms with E-state index in [4.69, 9.17) is 14.2 Å². The van der Waals surface area contributed by atoms with E-state index in [2.05, 4.69) is 0 Å². The molecule has 1 aliphatic rings. The predicted molar refractivity (Wildman–Crippen MR) is 70.6 cm³/mol. The number of hydrogen-bond donors (Lipinski definition) is 0. The number of carbonyl (C=O) groups is 1. The Balaban J connectivity index is 1.95. The van der Waals surface area contributed by atoms with E-state index in [0.717, 1.165) is 11.5 Å². The summed E-state index contributed by atoms with van der Waals surface area (Å²) in [5.74, 6) is 1.47. The average molecular weight is 265 g/mol. The molecule has 0 aliphatic carbocycles. The lowest BCUT2D eigenvalue weighted by Crippen LogP contribution is -2.43. The number of para-hydroxylation sites is 2. The van der Waals surface area contributed by atoms with Gasteiger partial charge in [0, 0.05) is 6.54 Å². The summed E-state index contributed by atoms with van der Waals surface area (Å²) in [6.45, 7) is 5.56. The summed E-state index contributed by atoms with van der Waals surface area (Å²) in [5, 5.41) is 0. The number of likely N-dealkylation sites (N-methyl/N-ethyl adjacent to an activating group) is 1. The molecule has 1 unspecified atom stereocenters. The van der Waals surface area contributed by atoms with Gasteiger partial charge in [-0.2, -0.15) is 0 Å². The van der Waals surface area contributed by atoms with Crippen LogP contribution in [0.5, 0.6) is 11.5 Å². The van der Waals surface area contributed by atoms with Crippen LogP contribution in [0, 0.1) is 0 Å². The fraction of sp³-hybridized carbons (Fsp3) is 0.500. The number of hydrogen-bond acceptors (Lipinski definition) is 4. The molecule has 1 aliphatic heterocycles. The molecular formula is C14H19NO4. The van der Waals surface area contributed by atoms with Crippen LogP contribution >= 0.6 is 0 Å². The third-order valence-electron chi connectivity index (χ3n) is 2.90. The summed E-state index contributed by atoms with van der Waals surface area (Å²) in [7, 11) is 0. The number of nitrogens with zero attached hydrogens (tertiary/aromatic N) is 1. The zero-order valence-electron chi connectivity index (χ0n) is 11.3. The molecule has 0 saturated carbocycles. The topological polar surface area (TPSA) is 48.0 Å². The zero-order valence-corrected chi connectivity index (χ0v) is 11.3. The quantitative estimate of drug-likeness (QED) is 0.838. The first-order chi connectivity index (χ1) is 9.24. The van der Waals surface area contributed by atoms with Crippen LogP contribution in [-0.2, 0) is 4.74 Å². The van der Waals surface area contributed by atoms with Crippen LogP contribution in [0.25, 0.3) is 0 Å². The molecule has 0 radical (unpaired) electrons. The largest absolute Gasteiger partial charge is 0.486 e. The Morgan fingerprint density at radius 2 is 2.11 bits per heavy atom. The lowest BCUT2D eigenvalue weighted by atomic mass is 10.2. The normalized spacial score (nSPS) is 16.8. The lowest BCUT2D eigenvalue weighted by molar-refractivity contribution is 0.0500. The highest BCUT2D eigenvalue weighted by molar-refractivity contribution is 5.67. The maximum absolute atomic E-state index is 11.7. The second kappa shape index (κ2) is 6.31. The minimum atomic E-state index is -0.313. The van der Waals surface area contributed by atoms with Gasteiger partial charge in [-0.1, -0.05) is 12.1 Å². The van der Waals surface area contributed by atoms with Gasteiger partial charge >= 0.3 is 6.09 Å². The van der Waals surface area contributed by atoms with Crippen molar-refractivity contribution in [3.63, 3.8) is 0 Å². The van der Waals surface area contributed by atoms with Crippen LogP contribution in [0.4, 0.5) is 4.79 Å². The van der Waals surface area contributed by atoms with Crippen molar-refractivity contribution in [2.45, 2.75) is 20.0 Å². The van der Waals surface area contributed by atoms with Crippen molar-refractivity contribution in [3.8, 4) is 11.5 Å². The Hall–Kier alpha value is -1.91. The smallest absolute Gasteiger partial charge is 0.409 e. The maximum atomic E-state index is 11.7. The van der Waals surface area contributed by atoms with Gasteiger partial charge in [-0.05, 0) is 26.0 Å². The molecular weight excluding hydrogens is 246 g/mol. The fourth-order valence-corrected chi connectivity index (χ4v) is 1.95. The molecule has 0 fully saturated rings. The van der Waals surface area contributed by atoms with Gasteiger partial charge in [-0.3, -0.25) is 0 Å². The first-order valence-corrected chi connectivity index (χ1v) is 6.54. The van der Waals surface area contributed by atoms with Crippen molar-refractivity contribution < 1.29 is 19.0 Å². The monoisotopic (exact) mass is 265 g/mol. The SMILES string of the molecule is CCOC(=O)N(CC)CC1COc2ccccc2O1. The van der Waals surface area contributed by atoms with E-state index in [-0.39, 0.29) is 12.2 Å². The summed E-state index contributed by atoms with van der Waals surface area (Å²) in [6, 6.07) is 7.53.